The van der Waals surface area contributed by atoms with Gasteiger partial charge in [-0.25, -0.2) is 16.8 Å². The van der Waals surface area contributed by atoms with E-state index in [9.17, 15) is 26.7 Å². The minimum absolute atomic E-state index is 0.186. The van der Waals surface area contributed by atoms with Crippen LogP contribution in [0.5, 0.6) is 11.5 Å². The molecule has 0 aromatic heterocycles. The lowest BCUT2D eigenvalue weighted by molar-refractivity contribution is 0.101. The summed E-state index contributed by atoms with van der Waals surface area (Å²) in [6, 6.07) is 14.9. The Labute approximate surface area is 185 Å². The predicted molar refractivity (Wildman–Crippen MR) is 119 cm³/mol. The Bertz CT molecular complexity index is 1380. The van der Waals surface area contributed by atoms with Gasteiger partial charge in [0.1, 0.15) is 11.5 Å². The lowest BCUT2D eigenvalue weighted by atomic mass is 10.2. The van der Waals surface area contributed by atoms with Crippen LogP contribution in [0.1, 0.15) is 17.3 Å². The topological polar surface area (TPSA) is 139 Å². The van der Waals surface area contributed by atoms with Crippen molar-refractivity contribution in [1.82, 2.24) is 0 Å². The van der Waals surface area contributed by atoms with Gasteiger partial charge in [0.2, 0.25) is 0 Å². The predicted octanol–water partition coefficient (Wildman–Crippen LogP) is 3.21. The molecule has 0 radical (unpaired) electrons. The maximum Gasteiger partial charge on any atom is 0.262 e. The Kier molecular flexibility index (Phi) is 6.42. The molecule has 0 saturated carbocycles. The van der Waals surface area contributed by atoms with Gasteiger partial charge >= 0.3 is 0 Å². The quantitative estimate of drug-likeness (QED) is 0.335. The molecule has 9 nitrogen and oxygen atoms in total. The molecule has 11 heteroatoms. The Morgan fingerprint density at radius 2 is 1.44 bits per heavy atom. The van der Waals surface area contributed by atoms with Crippen molar-refractivity contribution in [3.8, 4) is 11.5 Å². The molecule has 3 rings (SSSR count). The second kappa shape index (κ2) is 8.89. The molecule has 0 aliphatic carbocycles. The molecule has 0 amide bonds. The number of phenols is 1. The number of hydrogen-bond acceptors (Lipinski definition) is 7. The number of hydrogen-bond donors (Lipinski definition) is 3. The van der Waals surface area contributed by atoms with Crippen LogP contribution >= 0.6 is 0 Å². The van der Waals surface area contributed by atoms with Gasteiger partial charge in [0.05, 0.1) is 28.3 Å². The summed E-state index contributed by atoms with van der Waals surface area (Å²) in [4.78, 5) is 11.0. The van der Waals surface area contributed by atoms with Crippen LogP contribution in [-0.4, -0.2) is 34.8 Å². The second-order valence-corrected chi connectivity index (χ2v) is 10.0. The lowest BCUT2D eigenvalue weighted by Crippen LogP contribution is -2.16. The van der Waals surface area contributed by atoms with Crippen molar-refractivity contribution >= 4 is 37.2 Å². The molecule has 3 aromatic carbocycles. The van der Waals surface area contributed by atoms with Crippen LogP contribution in [0.15, 0.2) is 76.5 Å². The summed E-state index contributed by atoms with van der Waals surface area (Å²) >= 11 is 0. The van der Waals surface area contributed by atoms with Gasteiger partial charge in [0.25, 0.3) is 20.0 Å². The zero-order valence-electron chi connectivity index (χ0n) is 17.1. The van der Waals surface area contributed by atoms with Crippen molar-refractivity contribution < 1.29 is 31.5 Å². The van der Waals surface area contributed by atoms with Crippen LogP contribution in [-0.2, 0) is 20.0 Å². The Hall–Kier alpha value is -3.57. The third-order valence-electron chi connectivity index (χ3n) is 4.42. The highest BCUT2D eigenvalue weighted by molar-refractivity contribution is 7.93. The van der Waals surface area contributed by atoms with Gasteiger partial charge in [0.15, 0.2) is 5.78 Å². The van der Waals surface area contributed by atoms with Crippen LogP contribution in [0.25, 0.3) is 0 Å². The van der Waals surface area contributed by atoms with Crippen molar-refractivity contribution in [3.05, 3.63) is 72.3 Å². The third-order valence-corrected chi connectivity index (χ3v) is 7.15. The third kappa shape index (κ3) is 5.01. The molecular weight excluding hydrogens is 456 g/mol. The number of ketones is 1. The number of benzene rings is 3. The van der Waals surface area contributed by atoms with Crippen molar-refractivity contribution in [3.63, 3.8) is 0 Å². The molecule has 0 heterocycles. The van der Waals surface area contributed by atoms with E-state index in [1.165, 1.54) is 44.4 Å². The van der Waals surface area contributed by atoms with Gasteiger partial charge in [-0.05, 0) is 49.4 Å². The fraction of sp³-hybridized carbons (Fsp3) is 0.0952. The first-order chi connectivity index (χ1) is 15.0. The fourth-order valence-electron chi connectivity index (χ4n) is 2.78. The number of carbonyl (C=O) groups excluding carboxylic acids is 1. The number of carbonyl (C=O) groups is 1. The van der Waals surface area contributed by atoms with Gasteiger partial charge in [-0.3, -0.25) is 14.2 Å². The monoisotopic (exact) mass is 476 g/mol. The summed E-state index contributed by atoms with van der Waals surface area (Å²) in [6.07, 6.45) is 0. The summed E-state index contributed by atoms with van der Waals surface area (Å²) in [5.41, 5.74) is 0.0295. The first-order valence-electron chi connectivity index (χ1n) is 9.16. The lowest BCUT2D eigenvalue weighted by Gasteiger charge is -2.14. The summed E-state index contributed by atoms with van der Waals surface area (Å²) in [5.74, 6) is -0.505. The van der Waals surface area contributed by atoms with E-state index >= 15 is 0 Å². The van der Waals surface area contributed by atoms with Crippen LogP contribution in [0.3, 0.4) is 0 Å². The van der Waals surface area contributed by atoms with Gasteiger partial charge in [0, 0.05) is 5.56 Å². The molecule has 3 aromatic rings. The number of ether oxygens (including phenoxy) is 1. The van der Waals surface area contributed by atoms with E-state index in [1.807, 2.05) is 0 Å². The summed E-state index contributed by atoms with van der Waals surface area (Å²) < 4.78 is 60.8. The molecule has 0 spiro atoms. The van der Waals surface area contributed by atoms with E-state index in [2.05, 4.69) is 9.44 Å². The van der Waals surface area contributed by atoms with Crippen LogP contribution < -0.4 is 14.2 Å². The fourth-order valence-corrected chi connectivity index (χ4v) is 4.99. The highest BCUT2D eigenvalue weighted by atomic mass is 32.2. The Balaban J connectivity index is 1.95. The van der Waals surface area contributed by atoms with E-state index in [1.54, 1.807) is 18.2 Å². The average Bonchev–Trinajstić information content (AvgIpc) is 2.75. The number of nitrogens with one attached hydrogen (secondary N) is 2. The van der Waals surface area contributed by atoms with Gasteiger partial charge in [-0.1, -0.05) is 24.3 Å². The molecule has 0 fully saturated rings. The molecule has 32 heavy (non-hydrogen) atoms. The SMILES string of the molecule is COc1ccccc1NS(=O)(=O)c1ccc(O)c(NS(=O)(=O)c2cccc(C(C)=O)c2)c1. The van der Waals surface area contributed by atoms with Crippen LogP contribution in [0.4, 0.5) is 11.4 Å². The van der Waals surface area contributed by atoms with Crippen molar-refractivity contribution in [1.29, 1.82) is 0 Å². The number of methoxy groups -OCH3 is 1. The van der Waals surface area contributed by atoms with Gasteiger partial charge in [-0.2, -0.15) is 0 Å². The minimum Gasteiger partial charge on any atom is -0.506 e. The molecule has 168 valence electrons. The molecule has 0 aliphatic heterocycles. The largest absolute Gasteiger partial charge is 0.506 e. The van der Waals surface area contributed by atoms with Crippen molar-refractivity contribution in [2.24, 2.45) is 0 Å². The smallest absolute Gasteiger partial charge is 0.262 e. The molecule has 0 bridgehead atoms. The van der Waals surface area contributed by atoms with E-state index < -0.39 is 25.8 Å². The maximum atomic E-state index is 12.8. The van der Waals surface area contributed by atoms with Crippen molar-refractivity contribution in [2.75, 3.05) is 16.6 Å². The molecule has 0 atom stereocenters. The number of rotatable bonds is 8. The van der Waals surface area contributed by atoms with E-state index in [-0.39, 0.29) is 32.5 Å². The van der Waals surface area contributed by atoms with Gasteiger partial charge in [-0.15, -0.1) is 0 Å². The number of para-hydroxylation sites is 2. The first-order valence-corrected chi connectivity index (χ1v) is 12.1. The van der Waals surface area contributed by atoms with E-state index in [4.69, 9.17) is 4.74 Å². The summed E-state index contributed by atoms with van der Waals surface area (Å²) in [6.45, 7) is 1.30. The molecule has 0 aliphatic rings. The molecule has 3 N–H and O–H groups in total. The summed E-state index contributed by atoms with van der Waals surface area (Å²) in [7, 11) is -6.97. The number of phenolic OH excluding ortho intramolecular Hbond substituents is 1. The number of anilines is 2. The minimum atomic E-state index is -4.22. The number of Topliss-reactive ketones (excluding diaryl/α,β-unsaturated/α-hetero) is 1. The Morgan fingerprint density at radius 3 is 2.09 bits per heavy atom. The van der Waals surface area contributed by atoms with Crippen molar-refractivity contribution in [2.45, 2.75) is 16.7 Å². The normalized spacial score (nSPS) is 11.6. The summed E-state index contributed by atoms with van der Waals surface area (Å²) in [5, 5.41) is 10.1. The first kappa shape index (κ1) is 23.1. The van der Waals surface area contributed by atoms with E-state index in [0.29, 0.717) is 5.75 Å². The van der Waals surface area contributed by atoms with E-state index in [0.717, 1.165) is 18.2 Å². The average molecular weight is 477 g/mol. The zero-order chi connectivity index (χ0) is 23.5. The molecule has 0 unspecified atom stereocenters. The standard InChI is InChI=1S/C21H20N2O7S2/c1-14(24)15-6-5-7-16(12-15)31(26,27)23-19-13-17(10-11-20(19)25)32(28,29)22-18-8-3-4-9-21(18)30-2/h3-13,22-23,25H,1-2H3. The van der Waals surface area contributed by atoms with Gasteiger partial charge < -0.3 is 9.84 Å². The highest BCUT2D eigenvalue weighted by Crippen LogP contribution is 2.31. The van der Waals surface area contributed by atoms with Crippen LogP contribution in [0.2, 0.25) is 0 Å². The highest BCUT2D eigenvalue weighted by Gasteiger charge is 2.21. The molecular formula is C21H20N2O7S2. The Morgan fingerprint density at radius 1 is 0.812 bits per heavy atom. The number of sulfonamides is 2. The second-order valence-electron chi connectivity index (χ2n) is 6.67. The molecule has 0 saturated heterocycles. The zero-order valence-corrected chi connectivity index (χ0v) is 18.7. The number of aromatic hydroxyl groups is 1. The maximum absolute atomic E-state index is 12.8. The van der Waals surface area contributed by atoms with Crippen LogP contribution in [0, 0.1) is 0 Å².